The van der Waals surface area contributed by atoms with Crippen LogP contribution in [0.25, 0.3) is 10.2 Å². The van der Waals surface area contributed by atoms with Crippen molar-refractivity contribution in [1.29, 1.82) is 5.26 Å². The van der Waals surface area contributed by atoms with Crippen LogP contribution in [0.3, 0.4) is 0 Å². The Morgan fingerprint density at radius 1 is 1.54 bits per heavy atom. The maximum absolute atomic E-state index is 8.52. The maximum Gasteiger partial charge on any atom is 0.140 e. The van der Waals surface area contributed by atoms with Crippen LogP contribution in [0.1, 0.15) is 0 Å². The fourth-order valence-electron chi connectivity index (χ4n) is 0.935. The van der Waals surface area contributed by atoms with Crippen LogP contribution in [-0.2, 0) is 0 Å². The largest absolute Gasteiger partial charge is 0.228 e. The van der Waals surface area contributed by atoms with Gasteiger partial charge in [0.05, 0.1) is 10.4 Å². The SMILES string of the molecule is N#CSc1ncnc2scc(Cl)c12. The van der Waals surface area contributed by atoms with E-state index in [0.717, 1.165) is 22.0 Å². The number of aromatic nitrogens is 2. The second-order valence-corrected chi connectivity index (χ2v) is 4.17. The van der Waals surface area contributed by atoms with Crippen molar-refractivity contribution in [1.82, 2.24) is 9.97 Å². The number of rotatable bonds is 1. The van der Waals surface area contributed by atoms with E-state index in [-0.39, 0.29) is 0 Å². The van der Waals surface area contributed by atoms with Gasteiger partial charge < -0.3 is 0 Å². The third kappa shape index (κ3) is 1.48. The Labute approximate surface area is 87.4 Å². The Morgan fingerprint density at radius 2 is 2.38 bits per heavy atom. The first-order valence-electron chi connectivity index (χ1n) is 3.26. The molecule has 0 unspecified atom stereocenters. The first-order valence-corrected chi connectivity index (χ1v) is 5.34. The lowest BCUT2D eigenvalue weighted by molar-refractivity contribution is 1.11. The molecule has 0 aliphatic carbocycles. The van der Waals surface area contributed by atoms with Crippen molar-refractivity contribution in [3.05, 3.63) is 16.7 Å². The number of thiophene rings is 1. The Hall–Kier alpha value is -0.830. The van der Waals surface area contributed by atoms with Gasteiger partial charge in [-0.2, -0.15) is 5.26 Å². The van der Waals surface area contributed by atoms with E-state index in [2.05, 4.69) is 9.97 Å². The number of fused-ring (bicyclic) bond motifs is 1. The zero-order valence-corrected chi connectivity index (χ0v) is 8.58. The van der Waals surface area contributed by atoms with Crippen molar-refractivity contribution in [2.24, 2.45) is 0 Å². The van der Waals surface area contributed by atoms with Crippen LogP contribution < -0.4 is 0 Å². The topological polar surface area (TPSA) is 49.6 Å². The van der Waals surface area contributed by atoms with E-state index < -0.39 is 0 Å². The van der Waals surface area contributed by atoms with E-state index in [0.29, 0.717) is 10.0 Å². The number of thioether (sulfide) groups is 1. The summed E-state index contributed by atoms with van der Waals surface area (Å²) in [5, 5.41) is 14.3. The minimum Gasteiger partial charge on any atom is -0.228 e. The molecule has 0 aromatic carbocycles. The molecule has 0 atom stereocenters. The van der Waals surface area contributed by atoms with Gasteiger partial charge in [0.1, 0.15) is 21.6 Å². The molecular weight excluding hydrogens is 226 g/mol. The highest BCUT2D eigenvalue weighted by Crippen LogP contribution is 2.33. The van der Waals surface area contributed by atoms with Gasteiger partial charge in [-0.25, -0.2) is 9.97 Å². The lowest BCUT2D eigenvalue weighted by atomic mass is 10.4. The van der Waals surface area contributed by atoms with Crippen molar-refractivity contribution in [3.8, 4) is 5.40 Å². The van der Waals surface area contributed by atoms with Gasteiger partial charge in [0, 0.05) is 17.1 Å². The summed E-state index contributed by atoms with van der Waals surface area (Å²) in [7, 11) is 0. The summed E-state index contributed by atoms with van der Waals surface area (Å²) in [6, 6.07) is 0. The normalized spacial score (nSPS) is 10.2. The van der Waals surface area contributed by atoms with E-state index in [1.807, 2.05) is 5.40 Å². The summed E-state index contributed by atoms with van der Waals surface area (Å²) < 4.78 is 0. The van der Waals surface area contributed by atoms with Gasteiger partial charge in [-0.15, -0.1) is 11.3 Å². The minimum absolute atomic E-state index is 0.610. The molecule has 0 aliphatic rings. The fourth-order valence-corrected chi connectivity index (χ4v) is 2.68. The second-order valence-electron chi connectivity index (χ2n) is 2.14. The van der Waals surface area contributed by atoms with Gasteiger partial charge in [0.2, 0.25) is 0 Å². The highest BCUT2D eigenvalue weighted by atomic mass is 35.5. The van der Waals surface area contributed by atoms with E-state index in [4.69, 9.17) is 16.9 Å². The van der Waals surface area contributed by atoms with Gasteiger partial charge in [0.25, 0.3) is 0 Å². The highest BCUT2D eigenvalue weighted by molar-refractivity contribution is 8.03. The number of nitriles is 1. The molecule has 0 bridgehead atoms. The van der Waals surface area contributed by atoms with Crippen LogP contribution in [-0.4, -0.2) is 9.97 Å². The van der Waals surface area contributed by atoms with Crippen LogP contribution >= 0.6 is 34.7 Å². The Morgan fingerprint density at radius 3 is 3.15 bits per heavy atom. The van der Waals surface area contributed by atoms with Gasteiger partial charge >= 0.3 is 0 Å². The zero-order valence-electron chi connectivity index (χ0n) is 6.19. The Bertz CT molecular complexity index is 488. The monoisotopic (exact) mass is 227 g/mol. The lowest BCUT2D eigenvalue weighted by Gasteiger charge is -1.94. The van der Waals surface area contributed by atoms with Gasteiger partial charge in [-0.3, -0.25) is 0 Å². The standard InChI is InChI=1S/C7H2ClN3S2/c8-4-1-12-6-5(4)7(13-2-9)11-3-10-6/h1,3H. The number of hydrogen-bond acceptors (Lipinski definition) is 5. The summed E-state index contributed by atoms with van der Waals surface area (Å²) in [6.07, 6.45) is 1.44. The maximum atomic E-state index is 8.52. The average molecular weight is 228 g/mol. The molecule has 0 saturated carbocycles. The molecule has 0 spiro atoms. The van der Waals surface area contributed by atoms with Crippen molar-refractivity contribution in [2.45, 2.75) is 5.03 Å². The molecule has 13 heavy (non-hydrogen) atoms. The van der Waals surface area contributed by atoms with Crippen molar-refractivity contribution < 1.29 is 0 Å². The first kappa shape index (κ1) is 8.75. The number of nitrogens with zero attached hydrogens (tertiary/aromatic N) is 3. The van der Waals surface area contributed by atoms with Crippen LogP contribution in [0.5, 0.6) is 0 Å². The lowest BCUT2D eigenvalue weighted by Crippen LogP contribution is -1.81. The van der Waals surface area contributed by atoms with E-state index in [1.54, 1.807) is 5.38 Å². The molecule has 2 aromatic heterocycles. The number of hydrogen-bond donors (Lipinski definition) is 0. The van der Waals surface area contributed by atoms with Crippen LogP contribution in [0.2, 0.25) is 5.02 Å². The minimum atomic E-state index is 0.610. The zero-order chi connectivity index (χ0) is 9.26. The van der Waals surface area contributed by atoms with Crippen LogP contribution in [0, 0.1) is 10.7 Å². The third-order valence-corrected chi connectivity index (χ3v) is 3.34. The van der Waals surface area contributed by atoms with Crippen molar-refractivity contribution in [2.75, 3.05) is 0 Å². The average Bonchev–Trinajstić information content (AvgIpc) is 2.50. The molecule has 2 heterocycles. The second kappa shape index (κ2) is 3.50. The molecule has 0 aliphatic heterocycles. The molecule has 0 saturated heterocycles. The Balaban J connectivity index is 2.74. The highest BCUT2D eigenvalue weighted by Gasteiger charge is 2.09. The molecule has 0 N–H and O–H groups in total. The van der Waals surface area contributed by atoms with Crippen LogP contribution in [0.4, 0.5) is 0 Å². The van der Waals surface area contributed by atoms with Crippen molar-refractivity contribution in [3.63, 3.8) is 0 Å². The number of halogens is 1. The van der Waals surface area contributed by atoms with Crippen LogP contribution in [0.15, 0.2) is 16.7 Å². The third-order valence-electron chi connectivity index (χ3n) is 1.43. The summed E-state index contributed by atoms with van der Waals surface area (Å²) in [4.78, 5) is 8.84. The van der Waals surface area contributed by atoms with E-state index in [1.165, 1.54) is 17.7 Å². The summed E-state index contributed by atoms with van der Waals surface area (Å²) in [6.45, 7) is 0. The Kier molecular flexibility index (Phi) is 2.36. The summed E-state index contributed by atoms with van der Waals surface area (Å²) >= 11 is 8.37. The van der Waals surface area contributed by atoms with E-state index in [9.17, 15) is 0 Å². The van der Waals surface area contributed by atoms with E-state index >= 15 is 0 Å². The first-order chi connectivity index (χ1) is 6.33. The predicted octanol–water partition coefficient (Wildman–Crippen LogP) is 2.92. The van der Waals surface area contributed by atoms with Gasteiger partial charge in [-0.1, -0.05) is 11.6 Å². The quantitative estimate of drug-likeness (QED) is 0.427. The molecule has 0 amide bonds. The molecule has 6 heteroatoms. The molecule has 2 aromatic rings. The van der Waals surface area contributed by atoms with Gasteiger partial charge in [-0.05, 0) is 0 Å². The summed E-state index contributed by atoms with van der Waals surface area (Å²) in [5.41, 5.74) is 0. The molecule has 0 radical (unpaired) electrons. The smallest absolute Gasteiger partial charge is 0.140 e. The molecule has 3 nitrogen and oxygen atoms in total. The summed E-state index contributed by atoms with van der Waals surface area (Å²) in [5.74, 6) is 0. The molecule has 0 fully saturated rings. The molecule has 64 valence electrons. The molecular formula is C7H2ClN3S2. The fraction of sp³-hybridized carbons (Fsp3) is 0. The number of thiocyanates is 1. The molecule has 2 rings (SSSR count). The predicted molar refractivity (Wildman–Crippen MR) is 53.9 cm³/mol. The van der Waals surface area contributed by atoms with Gasteiger partial charge in [0.15, 0.2) is 0 Å². The van der Waals surface area contributed by atoms with Crippen molar-refractivity contribution >= 4 is 44.9 Å².